The second kappa shape index (κ2) is 16.1. The first kappa shape index (κ1) is 28.5. The fourth-order valence-corrected chi connectivity index (χ4v) is 4.10. The van der Waals surface area contributed by atoms with Gasteiger partial charge in [0.05, 0.1) is 13.7 Å². The molecule has 0 amide bonds. The first-order valence-corrected chi connectivity index (χ1v) is 12.5. The Bertz CT molecular complexity index is 960. The van der Waals surface area contributed by atoms with E-state index in [1.165, 1.54) is 24.0 Å². The summed E-state index contributed by atoms with van der Waals surface area (Å²) in [7, 11) is 1.68. The van der Waals surface area contributed by atoms with E-state index in [9.17, 15) is 0 Å². The van der Waals surface area contributed by atoms with Gasteiger partial charge in [-0.15, -0.1) is 12.4 Å². The van der Waals surface area contributed by atoms with Crippen LogP contribution in [0, 0.1) is 0 Å². The number of methoxy groups -OCH3 is 1. The Labute approximate surface area is 217 Å². The van der Waals surface area contributed by atoms with E-state index in [0.29, 0.717) is 19.0 Å². The molecule has 0 aliphatic carbocycles. The highest BCUT2D eigenvalue weighted by Gasteiger charge is 2.16. The van der Waals surface area contributed by atoms with Gasteiger partial charge in [0.25, 0.3) is 0 Å². The maximum absolute atomic E-state index is 6.25. The lowest BCUT2D eigenvalue weighted by molar-refractivity contribution is 0.261. The van der Waals surface area contributed by atoms with Crippen LogP contribution in [-0.4, -0.2) is 38.3 Å². The van der Waals surface area contributed by atoms with Crippen molar-refractivity contribution in [2.75, 3.05) is 33.4 Å². The molecule has 0 radical (unpaired) electrons. The van der Waals surface area contributed by atoms with Crippen LogP contribution >= 0.6 is 12.4 Å². The van der Waals surface area contributed by atoms with E-state index in [1.807, 2.05) is 24.3 Å². The molecule has 0 N–H and O–H groups in total. The summed E-state index contributed by atoms with van der Waals surface area (Å²) in [4.78, 5) is 2.53. The van der Waals surface area contributed by atoms with E-state index in [-0.39, 0.29) is 12.4 Å². The van der Waals surface area contributed by atoms with Gasteiger partial charge in [0, 0.05) is 13.0 Å². The minimum atomic E-state index is 0. The van der Waals surface area contributed by atoms with Gasteiger partial charge in [0.15, 0.2) is 11.5 Å². The summed E-state index contributed by atoms with van der Waals surface area (Å²) in [5.41, 5.74) is 3.59. The topological polar surface area (TPSA) is 30.9 Å². The number of hydrogen-bond donors (Lipinski definition) is 0. The summed E-state index contributed by atoms with van der Waals surface area (Å²) in [6.45, 7) is 8.83. The molecule has 5 heteroatoms. The Balaban J connectivity index is 0.00000432. The molecule has 0 aliphatic heterocycles. The first-order chi connectivity index (χ1) is 16.7. The molecule has 0 heterocycles. The van der Waals surface area contributed by atoms with Crippen molar-refractivity contribution in [3.05, 3.63) is 89.5 Å². The lowest BCUT2D eigenvalue weighted by atomic mass is 10.1. The zero-order valence-corrected chi connectivity index (χ0v) is 22.2. The highest BCUT2D eigenvalue weighted by molar-refractivity contribution is 5.85. The van der Waals surface area contributed by atoms with E-state index in [2.05, 4.69) is 67.3 Å². The summed E-state index contributed by atoms with van der Waals surface area (Å²) in [6, 6.07) is 24.9. The molecule has 0 unspecified atom stereocenters. The van der Waals surface area contributed by atoms with Crippen LogP contribution in [0.1, 0.15) is 43.4 Å². The van der Waals surface area contributed by atoms with E-state index in [4.69, 9.17) is 14.2 Å². The minimum Gasteiger partial charge on any atom is -0.490 e. The predicted molar refractivity (Wildman–Crippen MR) is 147 cm³/mol. The molecule has 0 spiro atoms. The van der Waals surface area contributed by atoms with Crippen molar-refractivity contribution in [1.82, 2.24) is 4.90 Å². The second-order valence-electron chi connectivity index (χ2n) is 8.58. The van der Waals surface area contributed by atoms with Gasteiger partial charge in [-0.05, 0) is 61.2 Å². The molecular formula is C30H40ClNO3. The molecule has 3 aromatic rings. The molecule has 35 heavy (non-hydrogen) atoms. The Hall–Kier alpha value is -2.69. The fourth-order valence-electron chi connectivity index (χ4n) is 4.10. The Kier molecular flexibility index (Phi) is 13.1. The van der Waals surface area contributed by atoms with E-state index in [1.54, 1.807) is 7.11 Å². The van der Waals surface area contributed by atoms with Crippen molar-refractivity contribution in [2.45, 2.75) is 46.1 Å². The van der Waals surface area contributed by atoms with Gasteiger partial charge in [-0.1, -0.05) is 74.5 Å². The van der Waals surface area contributed by atoms with Crippen molar-refractivity contribution >= 4 is 12.4 Å². The van der Waals surface area contributed by atoms with Crippen molar-refractivity contribution in [2.24, 2.45) is 0 Å². The number of hydrogen-bond acceptors (Lipinski definition) is 4. The highest BCUT2D eigenvalue weighted by atomic mass is 35.5. The third kappa shape index (κ3) is 9.46. The molecule has 3 rings (SSSR count). The van der Waals surface area contributed by atoms with Gasteiger partial charge < -0.3 is 19.1 Å². The lowest BCUT2D eigenvalue weighted by Crippen LogP contribution is -2.27. The number of halogens is 1. The molecule has 0 atom stereocenters. The fraction of sp³-hybridized carbons (Fsp3) is 0.400. The van der Waals surface area contributed by atoms with Crippen LogP contribution in [0.15, 0.2) is 72.8 Å². The Morgan fingerprint density at radius 3 is 1.80 bits per heavy atom. The molecule has 0 fully saturated rings. The normalized spacial score (nSPS) is 10.6. The summed E-state index contributed by atoms with van der Waals surface area (Å²) in [5, 5.41) is 0. The average Bonchev–Trinajstić information content (AvgIpc) is 2.87. The van der Waals surface area contributed by atoms with Crippen LogP contribution in [0.25, 0.3) is 0 Å². The van der Waals surface area contributed by atoms with Crippen molar-refractivity contribution in [3.8, 4) is 17.2 Å². The molecule has 3 aromatic carbocycles. The number of benzene rings is 3. The predicted octanol–water partition coefficient (Wildman–Crippen LogP) is 6.98. The van der Waals surface area contributed by atoms with E-state index < -0.39 is 0 Å². The maximum atomic E-state index is 6.25. The molecule has 0 aromatic heterocycles. The Morgan fingerprint density at radius 2 is 1.23 bits per heavy atom. The number of rotatable bonds is 15. The van der Waals surface area contributed by atoms with Crippen molar-refractivity contribution in [3.63, 3.8) is 0 Å². The van der Waals surface area contributed by atoms with Crippen molar-refractivity contribution in [1.29, 1.82) is 0 Å². The monoisotopic (exact) mass is 497 g/mol. The molecular weight excluding hydrogens is 458 g/mol. The van der Waals surface area contributed by atoms with Gasteiger partial charge >= 0.3 is 0 Å². The third-order valence-electron chi connectivity index (χ3n) is 5.81. The standard InChI is InChI=1S/C30H39NO3.ClH/c1-4-18-31(19-5-2)20-16-27-22-28(33-21-17-25-12-8-6-9-13-25)30(32-3)29(23-27)34-24-26-14-10-7-11-15-26;/h6-15,22-23H,4-5,16-21,24H2,1-3H3;1H. The lowest BCUT2D eigenvalue weighted by Gasteiger charge is -2.22. The van der Waals surface area contributed by atoms with E-state index in [0.717, 1.165) is 49.5 Å². The largest absolute Gasteiger partial charge is 0.490 e. The summed E-state index contributed by atoms with van der Waals surface area (Å²) >= 11 is 0. The molecule has 0 saturated carbocycles. The molecule has 190 valence electrons. The van der Waals surface area contributed by atoms with Crippen LogP contribution < -0.4 is 14.2 Å². The average molecular weight is 498 g/mol. The summed E-state index contributed by atoms with van der Waals surface area (Å²) < 4.78 is 18.3. The second-order valence-corrected chi connectivity index (χ2v) is 8.58. The zero-order valence-electron chi connectivity index (χ0n) is 21.4. The molecule has 0 saturated heterocycles. The van der Waals surface area contributed by atoms with Gasteiger partial charge in [-0.2, -0.15) is 0 Å². The first-order valence-electron chi connectivity index (χ1n) is 12.5. The quantitative estimate of drug-likeness (QED) is 0.226. The highest BCUT2D eigenvalue weighted by Crippen LogP contribution is 2.39. The smallest absolute Gasteiger partial charge is 0.203 e. The van der Waals surface area contributed by atoms with Gasteiger partial charge in [0.2, 0.25) is 5.75 Å². The van der Waals surface area contributed by atoms with Crippen LogP contribution in [0.2, 0.25) is 0 Å². The van der Waals surface area contributed by atoms with Crippen LogP contribution in [0.5, 0.6) is 17.2 Å². The summed E-state index contributed by atoms with van der Waals surface area (Å²) in [6.07, 6.45) is 4.12. The van der Waals surface area contributed by atoms with Crippen molar-refractivity contribution < 1.29 is 14.2 Å². The maximum Gasteiger partial charge on any atom is 0.203 e. The van der Waals surface area contributed by atoms with Gasteiger partial charge in [0.1, 0.15) is 6.61 Å². The SMILES string of the molecule is CCCN(CCC)CCc1cc(OCCc2ccccc2)c(OC)c(OCc2ccccc2)c1.Cl. The number of ether oxygens (including phenoxy) is 3. The molecule has 4 nitrogen and oxygen atoms in total. The van der Waals surface area contributed by atoms with Crippen LogP contribution in [0.4, 0.5) is 0 Å². The van der Waals surface area contributed by atoms with Gasteiger partial charge in [-0.25, -0.2) is 0 Å². The van der Waals surface area contributed by atoms with Crippen LogP contribution in [-0.2, 0) is 19.4 Å². The van der Waals surface area contributed by atoms with Crippen LogP contribution in [0.3, 0.4) is 0 Å². The zero-order chi connectivity index (χ0) is 24.0. The van der Waals surface area contributed by atoms with E-state index >= 15 is 0 Å². The number of nitrogens with zero attached hydrogens (tertiary/aromatic N) is 1. The molecule has 0 aliphatic rings. The minimum absolute atomic E-state index is 0. The van der Waals surface area contributed by atoms with Gasteiger partial charge in [-0.3, -0.25) is 0 Å². The Morgan fingerprint density at radius 1 is 0.657 bits per heavy atom. The molecule has 0 bridgehead atoms. The third-order valence-corrected chi connectivity index (χ3v) is 5.81. The summed E-state index contributed by atoms with van der Waals surface area (Å²) in [5.74, 6) is 2.14.